The van der Waals surface area contributed by atoms with Crippen molar-refractivity contribution >= 4 is 29.0 Å². The summed E-state index contributed by atoms with van der Waals surface area (Å²) in [6.07, 6.45) is 0. The van der Waals surface area contributed by atoms with Crippen LogP contribution in [0.3, 0.4) is 0 Å². The molecule has 1 aliphatic rings. The fourth-order valence-electron chi connectivity index (χ4n) is 3.28. The molecule has 1 saturated carbocycles. The molecule has 0 aliphatic heterocycles. The molecule has 0 heterocycles. The van der Waals surface area contributed by atoms with Gasteiger partial charge in [0.1, 0.15) is 6.61 Å². The molecule has 0 bridgehead atoms. The number of thiocarbonyl (C=S) groups is 1. The van der Waals surface area contributed by atoms with Crippen LogP contribution in [0.1, 0.15) is 44.4 Å². The molecule has 0 atom stereocenters. The number of hydrogen-bond donors (Lipinski definition) is 0. The van der Waals surface area contributed by atoms with Gasteiger partial charge in [-0.25, -0.2) is 0 Å². The Morgan fingerprint density at radius 1 is 1.27 bits per heavy atom. The largest absolute Gasteiger partial charge is 0.461 e. The van der Waals surface area contributed by atoms with Crippen LogP contribution in [-0.4, -0.2) is 11.1 Å². The summed E-state index contributed by atoms with van der Waals surface area (Å²) < 4.78 is 5.59. The standard InChI is InChI=1S/C18H23NO2S/c1-11-7-8-14(19-10-22)12(2)13(11)9-21-16(20)15-17(3,4)18(15,5)6/h7-8,15H,9H2,1-6H3. The molecule has 2 rings (SSSR count). The summed E-state index contributed by atoms with van der Waals surface area (Å²) in [7, 11) is 0. The average molecular weight is 317 g/mol. The molecule has 118 valence electrons. The second-order valence-corrected chi connectivity index (χ2v) is 7.37. The van der Waals surface area contributed by atoms with Crippen LogP contribution in [0.5, 0.6) is 0 Å². The van der Waals surface area contributed by atoms with E-state index in [2.05, 4.69) is 50.1 Å². The van der Waals surface area contributed by atoms with Crippen LogP contribution in [0.2, 0.25) is 0 Å². The average Bonchev–Trinajstić information content (AvgIpc) is 2.83. The van der Waals surface area contributed by atoms with Crippen molar-refractivity contribution in [3.63, 3.8) is 0 Å². The van der Waals surface area contributed by atoms with E-state index in [-0.39, 0.29) is 29.3 Å². The highest BCUT2D eigenvalue weighted by Gasteiger charge is 2.69. The number of carbonyl (C=O) groups excluding carboxylic acids is 1. The lowest BCUT2D eigenvalue weighted by Crippen LogP contribution is -2.12. The van der Waals surface area contributed by atoms with Gasteiger partial charge in [-0.3, -0.25) is 4.79 Å². The summed E-state index contributed by atoms with van der Waals surface area (Å²) in [5, 5.41) is 2.39. The third-order valence-corrected chi connectivity index (χ3v) is 5.68. The smallest absolute Gasteiger partial charge is 0.310 e. The monoisotopic (exact) mass is 317 g/mol. The predicted molar refractivity (Wildman–Crippen MR) is 91.5 cm³/mol. The Balaban J connectivity index is 2.15. The Kier molecular flexibility index (Phi) is 4.29. The van der Waals surface area contributed by atoms with Crippen molar-refractivity contribution in [2.24, 2.45) is 21.7 Å². The minimum atomic E-state index is -0.113. The molecule has 22 heavy (non-hydrogen) atoms. The quantitative estimate of drug-likeness (QED) is 0.456. The molecule has 1 aromatic rings. The van der Waals surface area contributed by atoms with Crippen molar-refractivity contribution in [3.05, 3.63) is 28.8 Å². The number of hydrogen-bond acceptors (Lipinski definition) is 4. The van der Waals surface area contributed by atoms with Gasteiger partial charge < -0.3 is 4.74 Å². The first-order valence-corrected chi connectivity index (χ1v) is 7.89. The SMILES string of the molecule is Cc1ccc(N=C=S)c(C)c1COC(=O)C1C(C)(C)C1(C)C. The Morgan fingerprint density at radius 2 is 1.86 bits per heavy atom. The zero-order valence-corrected chi connectivity index (χ0v) is 14.9. The number of nitrogens with zero attached hydrogens (tertiary/aromatic N) is 1. The normalized spacial score (nSPS) is 18.5. The minimum absolute atomic E-state index is 0.00238. The number of aliphatic imine (C=N–C) groups is 1. The van der Waals surface area contributed by atoms with E-state index in [0.29, 0.717) is 0 Å². The molecule has 0 saturated heterocycles. The lowest BCUT2D eigenvalue weighted by molar-refractivity contribution is -0.148. The number of ether oxygens (including phenoxy) is 1. The molecule has 0 N–H and O–H groups in total. The van der Waals surface area contributed by atoms with Crippen LogP contribution in [-0.2, 0) is 16.1 Å². The molecule has 0 radical (unpaired) electrons. The molecule has 1 aliphatic carbocycles. The molecule has 3 nitrogen and oxygen atoms in total. The second-order valence-electron chi connectivity index (χ2n) is 7.19. The third-order valence-electron chi connectivity index (χ3n) is 5.59. The highest BCUT2D eigenvalue weighted by Crippen LogP contribution is 2.68. The maximum Gasteiger partial charge on any atom is 0.310 e. The van der Waals surface area contributed by atoms with Gasteiger partial charge in [0.25, 0.3) is 0 Å². The van der Waals surface area contributed by atoms with Crippen molar-refractivity contribution in [1.29, 1.82) is 0 Å². The second kappa shape index (κ2) is 5.60. The lowest BCUT2D eigenvalue weighted by atomic mass is 10.0. The maximum atomic E-state index is 12.4. The number of isothiocyanates is 1. The Hall–Kier alpha value is -1.51. The summed E-state index contributed by atoms with van der Waals surface area (Å²) in [6.45, 7) is 12.7. The van der Waals surface area contributed by atoms with E-state index < -0.39 is 0 Å². The van der Waals surface area contributed by atoms with Crippen LogP contribution in [0.4, 0.5) is 5.69 Å². The van der Waals surface area contributed by atoms with E-state index in [4.69, 9.17) is 4.74 Å². The summed E-state index contributed by atoms with van der Waals surface area (Å²) in [5.41, 5.74) is 3.84. The molecule has 1 fully saturated rings. The first-order chi connectivity index (χ1) is 10.1. The van der Waals surface area contributed by atoms with Gasteiger partial charge in [0.05, 0.1) is 16.8 Å². The number of rotatable bonds is 4. The van der Waals surface area contributed by atoms with E-state index in [9.17, 15) is 4.79 Å². The van der Waals surface area contributed by atoms with Gasteiger partial charge in [0, 0.05) is 0 Å². The first-order valence-electron chi connectivity index (χ1n) is 7.48. The van der Waals surface area contributed by atoms with Crippen LogP contribution in [0.15, 0.2) is 17.1 Å². The number of aryl methyl sites for hydroxylation is 1. The van der Waals surface area contributed by atoms with Gasteiger partial charge in [-0.05, 0) is 59.7 Å². The lowest BCUT2D eigenvalue weighted by Gasteiger charge is -2.13. The fourth-order valence-corrected chi connectivity index (χ4v) is 3.38. The van der Waals surface area contributed by atoms with Crippen LogP contribution >= 0.6 is 12.2 Å². The predicted octanol–water partition coefficient (Wildman–Crippen LogP) is 4.76. The van der Waals surface area contributed by atoms with Crippen molar-refractivity contribution < 1.29 is 9.53 Å². The van der Waals surface area contributed by atoms with Crippen molar-refractivity contribution in [3.8, 4) is 0 Å². The highest BCUT2D eigenvalue weighted by atomic mass is 32.1. The van der Waals surface area contributed by atoms with Crippen molar-refractivity contribution in [2.45, 2.75) is 48.1 Å². The Bertz CT molecular complexity index is 656. The summed E-state index contributed by atoms with van der Waals surface area (Å²) in [5.74, 6) is -0.152. The maximum absolute atomic E-state index is 12.4. The molecular formula is C18H23NO2S. The molecule has 0 amide bonds. The van der Waals surface area contributed by atoms with Gasteiger partial charge in [-0.2, -0.15) is 4.99 Å². The first kappa shape index (κ1) is 16.9. The zero-order chi connectivity index (χ0) is 16.7. The van der Waals surface area contributed by atoms with Gasteiger partial charge in [-0.15, -0.1) is 0 Å². The Labute approximate surface area is 137 Å². The summed E-state index contributed by atoms with van der Waals surface area (Å²) in [4.78, 5) is 16.4. The number of carbonyl (C=O) groups is 1. The van der Waals surface area contributed by atoms with E-state index in [0.717, 1.165) is 22.4 Å². The highest BCUT2D eigenvalue weighted by molar-refractivity contribution is 7.78. The zero-order valence-electron chi connectivity index (χ0n) is 14.1. The van der Waals surface area contributed by atoms with Crippen molar-refractivity contribution in [1.82, 2.24) is 0 Å². The van der Waals surface area contributed by atoms with E-state index >= 15 is 0 Å². The number of benzene rings is 1. The molecule has 0 aromatic heterocycles. The molecular weight excluding hydrogens is 294 g/mol. The summed E-state index contributed by atoms with van der Waals surface area (Å²) in [6, 6.07) is 3.87. The van der Waals surface area contributed by atoms with Crippen LogP contribution < -0.4 is 0 Å². The summed E-state index contributed by atoms with van der Waals surface area (Å²) >= 11 is 4.67. The van der Waals surface area contributed by atoms with E-state index in [1.54, 1.807) is 0 Å². The third kappa shape index (κ3) is 2.62. The van der Waals surface area contributed by atoms with E-state index in [1.165, 1.54) is 0 Å². The Morgan fingerprint density at radius 3 is 2.36 bits per heavy atom. The number of esters is 1. The van der Waals surface area contributed by atoms with Gasteiger partial charge >= 0.3 is 5.97 Å². The fraction of sp³-hybridized carbons (Fsp3) is 0.556. The van der Waals surface area contributed by atoms with Gasteiger partial charge in [0.2, 0.25) is 0 Å². The molecule has 1 aromatic carbocycles. The molecule has 4 heteroatoms. The van der Waals surface area contributed by atoms with Crippen LogP contribution in [0.25, 0.3) is 0 Å². The van der Waals surface area contributed by atoms with Crippen molar-refractivity contribution in [2.75, 3.05) is 0 Å². The topological polar surface area (TPSA) is 38.7 Å². The molecule has 0 unspecified atom stereocenters. The van der Waals surface area contributed by atoms with Gasteiger partial charge in [0.15, 0.2) is 0 Å². The molecule has 0 spiro atoms. The van der Waals surface area contributed by atoms with E-state index in [1.807, 2.05) is 26.0 Å². The minimum Gasteiger partial charge on any atom is -0.461 e. The van der Waals surface area contributed by atoms with Gasteiger partial charge in [-0.1, -0.05) is 33.8 Å². The van der Waals surface area contributed by atoms with Crippen LogP contribution in [0, 0.1) is 30.6 Å².